The lowest BCUT2D eigenvalue weighted by Gasteiger charge is -2.15. The minimum absolute atomic E-state index is 0.00847. The molecule has 1 rings (SSSR count). The van der Waals surface area contributed by atoms with Gasteiger partial charge in [0.2, 0.25) is 11.9 Å². The fraction of sp³-hybridized carbons (Fsp3) is 0.333. The Bertz CT molecular complexity index is 594. The fourth-order valence-electron chi connectivity index (χ4n) is 1.93. The number of rotatable bonds is 5. The first-order valence-electron chi connectivity index (χ1n) is 5.56. The average Bonchev–Trinajstić information content (AvgIpc) is 2.38. The quantitative estimate of drug-likeness (QED) is 0.606. The summed E-state index contributed by atoms with van der Waals surface area (Å²) in [5, 5.41) is 21.7. The molecular formula is C12H14N2O6. The standard InChI is InChI=1S/C12H14N2O6/c1-7-8(2)12(20-4)10(14(17)18)9(11(7)19-3)5-6-13(15)16/h5-6H,1-4H3/b6-5+. The Kier molecular flexibility index (Phi) is 4.63. The third-order valence-corrected chi connectivity index (χ3v) is 2.91. The second-order valence-corrected chi connectivity index (χ2v) is 3.94. The van der Waals surface area contributed by atoms with Crippen molar-refractivity contribution in [2.75, 3.05) is 14.2 Å². The minimum Gasteiger partial charge on any atom is -0.496 e. The number of benzene rings is 1. The molecule has 0 spiro atoms. The van der Waals surface area contributed by atoms with Crippen molar-refractivity contribution >= 4 is 11.8 Å². The Balaban J connectivity index is 3.79. The van der Waals surface area contributed by atoms with E-state index in [1.54, 1.807) is 13.8 Å². The second-order valence-electron chi connectivity index (χ2n) is 3.94. The zero-order valence-electron chi connectivity index (χ0n) is 11.5. The lowest BCUT2D eigenvalue weighted by molar-refractivity contribution is -0.401. The Morgan fingerprint density at radius 1 is 1.00 bits per heavy atom. The van der Waals surface area contributed by atoms with Crippen molar-refractivity contribution in [1.29, 1.82) is 0 Å². The van der Waals surface area contributed by atoms with Crippen LogP contribution in [0.25, 0.3) is 6.08 Å². The number of hydrogen-bond donors (Lipinski definition) is 0. The highest BCUT2D eigenvalue weighted by Crippen LogP contribution is 2.43. The van der Waals surface area contributed by atoms with Crippen molar-refractivity contribution in [1.82, 2.24) is 0 Å². The zero-order chi connectivity index (χ0) is 15.4. The van der Waals surface area contributed by atoms with E-state index in [4.69, 9.17) is 9.47 Å². The molecule has 20 heavy (non-hydrogen) atoms. The van der Waals surface area contributed by atoms with Gasteiger partial charge in [-0.25, -0.2) is 0 Å². The molecular weight excluding hydrogens is 268 g/mol. The van der Waals surface area contributed by atoms with E-state index in [9.17, 15) is 20.2 Å². The van der Waals surface area contributed by atoms with Gasteiger partial charge in [-0.2, -0.15) is 0 Å². The van der Waals surface area contributed by atoms with Crippen LogP contribution in [0.5, 0.6) is 11.5 Å². The Morgan fingerprint density at radius 3 is 1.90 bits per heavy atom. The molecule has 0 aliphatic carbocycles. The van der Waals surface area contributed by atoms with E-state index in [1.165, 1.54) is 14.2 Å². The average molecular weight is 282 g/mol. The predicted molar refractivity (Wildman–Crippen MR) is 71.7 cm³/mol. The van der Waals surface area contributed by atoms with Gasteiger partial charge >= 0.3 is 5.69 Å². The smallest absolute Gasteiger partial charge is 0.322 e. The number of methoxy groups -OCH3 is 2. The summed E-state index contributed by atoms with van der Waals surface area (Å²) >= 11 is 0. The van der Waals surface area contributed by atoms with Gasteiger partial charge in [0.1, 0.15) is 11.3 Å². The number of hydrogen-bond acceptors (Lipinski definition) is 6. The molecule has 0 unspecified atom stereocenters. The molecule has 0 radical (unpaired) electrons. The normalized spacial score (nSPS) is 10.6. The highest BCUT2D eigenvalue weighted by atomic mass is 16.6. The maximum Gasteiger partial charge on any atom is 0.322 e. The van der Waals surface area contributed by atoms with Crippen LogP contribution < -0.4 is 9.47 Å². The molecule has 108 valence electrons. The van der Waals surface area contributed by atoms with Crippen LogP contribution in [0.2, 0.25) is 0 Å². The number of nitro benzene ring substituents is 1. The molecule has 1 aromatic carbocycles. The summed E-state index contributed by atoms with van der Waals surface area (Å²) in [5.74, 6) is 0.282. The third kappa shape index (κ3) is 2.68. The molecule has 0 N–H and O–H groups in total. The molecule has 8 heteroatoms. The monoisotopic (exact) mass is 282 g/mol. The SMILES string of the molecule is COc1c(C)c(C)c(OC)c([N+](=O)[O-])c1/C=C/[N+](=O)[O-]. The molecule has 0 aliphatic rings. The second kappa shape index (κ2) is 6.00. The van der Waals surface area contributed by atoms with Crippen molar-refractivity contribution in [3.8, 4) is 11.5 Å². The highest BCUT2D eigenvalue weighted by molar-refractivity contribution is 5.76. The number of nitro groups is 2. The van der Waals surface area contributed by atoms with Crippen LogP contribution in [0, 0.1) is 34.1 Å². The molecule has 0 saturated heterocycles. The van der Waals surface area contributed by atoms with E-state index in [2.05, 4.69) is 0 Å². The van der Waals surface area contributed by atoms with Gasteiger partial charge in [0.05, 0.1) is 24.1 Å². The van der Waals surface area contributed by atoms with Crippen molar-refractivity contribution in [2.24, 2.45) is 0 Å². The van der Waals surface area contributed by atoms with E-state index in [0.717, 1.165) is 6.08 Å². The Labute approximate surface area is 114 Å². The molecule has 0 atom stereocenters. The first-order valence-corrected chi connectivity index (χ1v) is 5.56. The van der Waals surface area contributed by atoms with Gasteiger partial charge in [-0.05, 0) is 19.4 Å². The maximum absolute atomic E-state index is 11.2. The molecule has 0 saturated carbocycles. The van der Waals surface area contributed by atoms with Crippen LogP contribution in [0.4, 0.5) is 5.69 Å². The largest absolute Gasteiger partial charge is 0.496 e. The Hall–Kier alpha value is -2.64. The van der Waals surface area contributed by atoms with E-state index in [0.29, 0.717) is 17.3 Å². The van der Waals surface area contributed by atoms with Gasteiger partial charge in [-0.3, -0.25) is 20.2 Å². The fourth-order valence-corrected chi connectivity index (χ4v) is 1.93. The van der Waals surface area contributed by atoms with E-state index in [-0.39, 0.29) is 22.7 Å². The van der Waals surface area contributed by atoms with E-state index in [1.807, 2.05) is 0 Å². The molecule has 0 heterocycles. The van der Waals surface area contributed by atoms with Crippen molar-refractivity contribution in [2.45, 2.75) is 13.8 Å². The van der Waals surface area contributed by atoms with Crippen molar-refractivity contribution in [3.63, 3.8) is 0 Å². The summed E-state index contributed by atoms with van der Waals surface area (Å²) in [4.78, 5) is 20.3. The molecule has 0 fully saturated rings. The molecule has 0 aromatic heterocycles. The van der Waals surface area contributed by atoms with E-state index >= 15 is 0 Å². The van der Waals surface area contributed by atoms with Gasteiger partial charge < -0.3 is 9.47 Å². The third-order valence-electron chi connectivity index (χ3n) is 2.91. The van der Waals surface area contributed by atoms with Crippen LogP contribution in [-0.4, -0.2) is 24.1 Å². The summed E-state index contributed by atoms with van der Waals surface area (Å²) in [5.41, 5.74) is 0.826. The molecule has 0 amide bonds. The van der Waals surface area contributed by atoms with E-state index < -0.39 is 9.85 Å². The van der Waals surface area contributed by atoms with Gasteiger partial charge in [0.25, 0.3) is 0 Å². The zero-order valence-corrected chi connectivity index (χ0v) is 11.5. The highest BCUT2D eigenvalue weighted by Gasteiger charge is 2.28. The van der Waals surface area contributed by atoms with Crippen LogP contribution in [-0.2, 0) is 0 Å². The topological polar surface area (TPSA) is 105 Å². The van der Waals surface area contributed by atoms with Gasteiger partial charge in [0.15, 0.2) is 0 Å². The van der Waals surface area contributed by atoms with Crippen LogP contribution >= 0.6 is 0 Å². The van der Waals surface area contributed by atoms with Crippen LogP contribution in [0.3, 0.4) is 0 Å². The van der Waals surface area contributed by atoms with Crippen LogP contribution in [0.15, 0.2) is 6.20 Å². The first-order chi connectivity index (χ1) is 9.34. The molecule has 0 bridgehead atoms. The lowest BCUT2D eigenvalue weighted by Crippen LogP contribution is -2.04. The van der Waals surface area contributed by atoms with Crippen LogP contribution in [0.1, 0.15) is 16.7 Å². The number of nitrogens with zero attached hydrogens (tertiary/aromatic N) is 2. The first kappa shape index (κ1) is 15.4. The lowest BCUT2D eigenvalue weighted by atomic mass is 10.0. The summed E-state index contributed by atoms with van der Waals surface area (Å²) < 4.78 is 10.2. The van der Waals surface area contributed by atoms with Gasteiger partial charge in [0, 0.05) is 11.6 Å². The molecule has 1 aromatic rings. The predicted octanol–water partition coefficient (Wildman–Crippen LogP) is 2.48. The van der Waals surface area contributed by atoms with Gasteiger partial charge in [-0.15, -0.1) is 0 Å². The minimum atomic E-state index is -0.704. The summed E-state index contributed by atoms with van der Waals surface area (Å²) in [7, 11) is 2.66. The van der Waals surface area contributed by atoms with Gasteiger partial charge in [-0.1, -0.05) is 0 Å². The maximum atomic E-state index is 11.2. The van der Waals surface area contributed by atoms with Crippen molar-refractivity contribution in [3.05, 3.63) is 43.1 Å². The Morgan fingerprint density at radius 2 is 1.50 bits per heavy atom. The summed E-state index contributed by atoms with van der Waals surface area (Å²) in [6.45, 7) is 3.36. The van der Waals surface area contributed by atoms with Crippen molar-refractivity contribution < 1.29 is 19.3 Å². The molecule has 0 aliphatic heterocycles. The molecule has 8 nitrogen and oxygen atoms in total. The summed E-state index contributed by atoms with van der Waals surface area (Å²) in [6, 6.07) is 0. The number of ether oxygens (including phenoxy) is 2. The summed E-state index contributed by atoms with van der Waals surface area (Å²) in [6.07, 6.45) is 1.66.